The molecule has 1 aromatic heterocycles. The minimum absolute atomic E-state index is 0.216. The molecule has 1 aliphatic carbocycles. The molecule has 178 valence electrons. The highest BCUT2D eigenvalue weighted by molar-refractivity contribution is 7.13. The molecule has 2 aromatic rings. The van der Waals surface area contributed by atoms with Gasteiger partial charge in [-0.3, -0.25) is 4.79 Å². The molecule has 3 atom stereocenters. The number of piperidine rings is 1. The third-order valence-electron chi connectivity index (χ3n) is 7.16. The fraction of sp³-hybridized carbons (Fsp3) is 0.536. The van der Waals surface area contributed by atoms with Gasteiger partial charge in [0.1, 0.15) is 0 Å². The SMILES string of the molecule is O=C(O)CCC=CCCC1C(OCc2ccc(-c3cccs3)cc2)CCC1N1CCCCC1. The number of carbonyl (C=O) groups is 1. The van der Waals surface area contributed by atoms with Crippen molar-refractivity contribution in [1.82, 2.24) is 4.90 Å². The maximum Gasteiger partial charge on any atom is 0.303 e. The third kappa shape index (κ3) is 7.02. The number of likely N-dealkylation sites (tertiary alicyclic amines) is 1. The molecule has 2 fully saturated rings. The van der Waals surface area contributed by atoms with Crippen LogP contribution in [0.3, 0.4) is 0 Å². The molecular formula is C28H37NO3S. The number of carboxylic acids is 1. The van der Waals surface area contributed by atoms with Crippen LogP contribution in [0.1, 0.15) is 63.4 Å². The average Bonchev–Trinajstić information content (AvgIpc) is 3.51. The Kier molecular flexibility index (Phi) is 9.16. The van der Waals surface area contributed by atoms with E-state index in [2.05, 4.69) is 52.8 Å². The number of allylic oxidation sites excluding steroid dienone is 2. The van der Waals surface area contributed by atoms with Crippen LogP contribution in [0.2, 0.25) is 0 Å². The molecule has 5 heteroatoms. The van der Waals surface area contributed by atoms with Gasteiger partial charge in [0.05, 0.1) is 12.7 Å². The molecule has 4 nitrogen and oxygen atoms in total. The van der Waals surface area contributed by atoms with Gasteiger partial charge in [0.2, 0.25) is 0 Å². The van der Waals surface area contributed by atoms with E-state index in [1.54, 1.807) is 11.3 Å². The maximum atomic E-state index is 10.7. The molecule has 0 amide bonds. The Labute approximate surface area is 202 Å². The summed E-state index contributed by atoms with van der Waals surface area (Å²) in [5.74, 6) is -0.171. The maximum absolute atomic E-state index is 10.7. The zero-order valence-corrected chi connectivity index (χ0v) is 20.3. The number of hydrogen-bond donors (Lipinski definition) is 1. The van der Waals surface area contributed by atoms with Gasteiger partial charge in [-0.2, -0.15) is 0 Å². The second-order valence-corrected chi connectivity index (χ2v) is 10.4. The lowest BCUT2D eigenvalue weighted by Gasteiger charge is -2.37. The van der Waals surface area contributed by atoms with Crippen LogP contribution >= 0.6 is 11.3 Å². The van der Waals surface area contributed by atoms with E-state index in [0.717, 1.165) is 19.3 Å². The van der Waals surface area contributed by atoms with Crippen LogP contribution < -0.4 is 0 Å². The van der Waals surface area contributed by atoms with Gasteiger partial charge in [0, 0.05) is 23.3 Å². The molecule has 1 N–H and O–H groups in total. The van der Waals surface area contributed by atoms with Gasteiger partial charge in [-0.05, 0) is 80.6 Å². The van der Waals surface area contributed by atoms with Crippen molar-refractivity contribution in [2.24, 2.45) is 5.92 Å². The molecular weight excluding hydrogens is 430 g/mol. The number of carboxylic acid groups (broad SMARTS) is 1. The van der Waals surface area contributed by atoms with Crippen LogP contribution in [0.4, 0.5) is 0 Å². The van der Waals surface area contributed by atoms with Crippen molar-refractivity contribution in [3.63, 3.8) is 0 Å². The highest BCUT2D eigenvalue weighted by Gasteiger charge is 2.39. The van der Waals surface area contributed by atoms with Gasteiger partial charge in [-0.1, -0.05) is 48.9 Å². The van der Waals surface area contributed by atoms with E-state index in [1.165, 1.54) is 54.8 Å². The molecule has 2 heterocycles. The summed E-state index contributed by atoms with van der Waals surface area (Å²) in [6.45, 7) is 3.13. The standard InChI is InChI=1S/C28H37NO3S/c30-28(31)11-5-2-1-4-9-24-25(29-18-6-3-7-19-29)16-17-26(24)32-21-22-12-14-23(15-13-22)27-10-8-20-33-27/h1-2,8,10,12-15,20,24-26H,3-7,9,11,16-19,21H2,(H,30,31). The second kappa shape index (κ2) is 12.5. The summed E-state index contributed by atoms with van der Waals surface area (Å²) in [4.78, 5) is 14.7. The van der Waals surface area contributed by atoms with Crippen LogP contribution in [-0.2, 0) is 16.1 Å². The van der Waals surface area contributed by atoms with Crippen molar-refractivity contribution in [1.29, 1.82) is 0 Å². The van der Waals surface area contributed by atoms with E-state index in [1.807, 2.05) is 6.08 Å². The van der Waals surface area contributed by atoms with E-state index < -0.39 is 5.97 Å². The molecule has 0 radical (unpaired) electrons. The largest absolute Gasteiger partial charge is 0.481 e. The minimum atomic E-state index is -0.725. The van der Waals surface area contributed by atoms with Crippen LogP contribution in [0.25, 0.3) is 10.4 Å². The van der Waals surface area contributed by atoms with Crippen LogP contribution in [0.15, 0.2) is 53.9 Å². The topological polar surface area (TPSA) is 49.8 Å². The Morgan fingerprint density at radius 1 is 1.06 bits per heavy atom. The van der Waals surface area contributed by atoms with E-state index in [9.17, 15) is 4.79 Å². The number of rotatable bonds is 11. The molecule has 0 bridgehead atoms. The number of hydrogen-bond acceptors (Lipinski definition) is 4. The van der Waals surface area contributed by atoms with Crippen molar-refractivity contribution in [3.8, 4) is 10.4 Å². The average molecular weight is 468 g/mol. The Balaban J connectivity index is 1.33. The lowest BCUT2D eigenvalue weighted by Crippen LogP contribution is -2.43. The highest BCUT2D eigenvalue weighted by atomic mass is 32.1. The summed E-state index contributed by atoms with van der Waals surface area (Å²) in [7, 11) is 0. The fourth-order valence-corrected chi connectivity index (χ4v) is 6.18. The summed E-state index contributed by atoms with van der Waals surface area (Å²) in [6, 6.07) is 13.7. The predicted molar refractivity (Wildman–Crippen MR) is 136 cm³/mol. The molecule has 1 aliphatic heterocycles. The van der Waals surface area contributed by atoms with E-state index >= 15 is 0 Å². The fourth-order valence-electron chi connectivity index (χ4n) is 5.44. The minimum Gasteiger partial charge on any atom is -0.481 e. The summed E-state index contributed by atoms with van der Waals surface area (Å²) in [5, 5.41) is 10.9. The van der Waals surface area contributed by atoms with Crippen LogP contribution in [-0.4, -0.2) is 41.2 Å². The molecule has 1 saturated heterocycles. The van der Waals surface area contributed by atoms with Crippen molar-refractivity contribution in [2.75, 3.05) is 13.1 Å². The normalized spacial score (nSPS) is 23.9. The first kappa shape index (κ1) is 24.2. The quantitative estimate of drug-likeness (QED) is 0.371. The molecule has 33 heavy (non-hydrogen) atoms. The molecule has 1 aromatic carbocycles. The van der Waals surface area contributed by atoms with Gasteiger partial charge in [0.25, 0.3) is 0 Å². The zero-order chi connectivity index (χ0) is 22.9. The van der Waals surface area contributed by atoms with Crippen molar-refractivity contribution < 1.29 is 14.6 Å². The van der Waals surface area contributed by atoms with Gasteiger partial charge in [-0.25, -0.2) is 0 Å². The third-order valence-corrected chi connectivity index (χ3v) is 8.08. The summed E-state index contributed by atoms with van der Waals surface area (Å²) < 4.78 is 6.54. The smallest absolute Gasteiger partial charge is 0.303 e. The van der Waals surface area contributed by atoms with Gasteiger partial charge < -0.3 is 14.7 Å². The second-order valence-electron chi connectivity index (χ2n) is 9.41. The summed E-state index contributed by atoms with van der Waals surface area (Å²) in [6.07, 6.45) is 13.8. The number of aliphatic carboxylic acids is 1. The van der Waals surface area contributed by atoms with E-state index in [4.69, 9.17) is 9.84 Å². The lowest BCUT2D eigenvalue weighted by atomic mass is 9.93. The Morgan fingerprint density at radius 3 is 2.58 bits per heavy atom. The molecule has 3 unspecified atom stereocenters. The van der Waals surface area contributed by atoms with Crippen molar-refractivity contribution in [2.45, 2.75) is 76.5 Å². The van der Waals surface area contributed by atoms with E-state index in [0.29, 0.717) is 31.1 Å². The molecule has 1 saturated carbocycles. The van der Waals surface area contributed by atoms with Crippen LogP contribution in [0.5, 0.6) is 0 Å². The van der Waals surface area contributed by atoms with Gasteiger partial charge in [-0.15, -0.1) is 11.3 Å². The number of ether oxygens (including phenoxy) is 1. The Morgan fingerprint density at radius 2 is 1.85 bits per heavy atom. The van der Waals surface area contributed by atoms with E-state index in [-0.39, 0.29) is 6.42 Å². The summed E-state index contributed by atoms with van der Waals surface area (Å²) in [5.41, 5.74) is 2.51. The lowest BCUT2D eigenvalue weighted by molar-refractivity contribution is -0.136. The van der Waals surface area contributed by atoms with Crippen molar-refractivity contribution in [3.05, 3.63) is 59.5 Å². The predicted octanol–water partition coefficient (Wildman–Crippen LogP) is 6.77. The molecule has 4 rings (SSSR count). The van der Waals surface area contributed by atoms with Gasteiger partial charge in [0.15, 0.2) is 0 Å². The number of nitrogens with zero attached hydrogens (tertiary/aromatic N) is 1. The Bertz CT molecular complexity index is 871. The van der Waals surface area contributed by atoms with Crippen molar-refractivity contribution >= 4 is 17.3 Å². The zero-order valence-electron chi connectivity index (χ0n) is 19.5. The first-order valence-electron chi connectivity index (χ1n) is 12.6. The molecule has 0 spiro atoms. The number of benzene rings is 1. The first-order chi connectivity index (χ1) is 16.2. The molecule has 2 aliphatic rings. The summed E-state index contributed by atoms with van der Waals surface area (Å²) >= 11 is 1.77. The highest BCUT2D eigenvalue weighted by Crippen LogP contribution is 2.37. The Hall–Kier alpha value is -1.95. The van der Waals surface area contributed by atoms with Crippen LogP contribution in [0, 0.1) is 5.92 Å². The number of thiophene rings is 1. The monoisotopic (exact) mass is 467 g/mol. The first-order valence-corrected chi connectivity index (χ1v) is 13.4. The van der Waals surface area contributed by atoms with Gasteiger partial charge >= 0.3 is 5.97 Å².